The average molecular weight is 418 g/mol. The lowest BCUT2D eigenvalue weighted by Gasteiger charge is -2.24. The minimum absolute atomic E-state index is 0.388. The molecule has 1 aliphatic heterocycles. The van der Waals surface area contributed by atoms with E-state index in [9.17, 15) is 4.79 Å². The average Bonchev–Trinajstić information content (AvgIpc) is 3.43. The topological polar surface area (TPSA) is 78.6 Å². The summed E-state index contributed by atoms with van der Waals surface area (Å²) >= 11 is 0. The van der Waals surface area contributed by atoms with E-state index in [2.05, 4.69) is 17.0 Å². The second-order valence-corrected chi connectivity index (χ2v) is 7.81. The number of carbonyl (C=O) groups excluding carboxylic acids is 1. The van der Waals surface area contributed by atoms with E-state index in [4.69, 9.17) is 14.6 Å². The van der Waals surface area contributed by atoms with E-state index in [1.54, 1.807) is 11.6 Å². The van der Waals surface area contributed by atoms with Gasteiger partial charge in [0.15, 0.2) is 0 Å². The van der Waals surface area contributed by atoms with Crippen molar-refractivity contribution < 1.29 is 14.4 Å². The summed E-state index contributed by atoms with van der Waals surface area (Å²) in [6.07, 6.45) is 6.15. The van der Waals surface area contributed by atoms with Crippen LogP contribution in [-0.4, -0.2) is 34.1 Å². The molecule has 6 nitrogen and oxygen atoms in total. The summed E-state index contributed by atoms with van der Waals surface area (Å²) < 4.78 is 5.91. The van der Waals surface area contributed by atoms with E-state index in [-0.39, 0.29) is 0 Å². The Morgan fingerprint density at radius 1 is 1.23 bits per heavy atom. The van der Waals surface area contributed by atoms with Crippen LogP contribution in [0.3, 0.4) is 0 Å². The van der Waals surface area contributed by atoms with Crippen molar-refractivity contribution in [2.75, 3.05) is 13.1 Å². The smallest absolute Gasteiger partial charge is 0.267 e. The van der Waals surface area contributed by atoms with Crippen molar-refractivity contribution >= 4 is 12.0 Å². The summed E-state index contributed by atoms with van der Waals surface area (Å²) in [7, 11) is 0. The third kappa shape index (κ3) is 5.10. The minimum Gasteiger partial charge on any atom is -0.441 e. The number of benzene rings is 2. The van der Waals surface area contributed by atoms with Gasteiger partial charge in [0.05, 0.1) is 5.69 Å². The van der Waals surface area contributed by atoms with Crippen molar-refractivity contribution in [1.29, 1.82) is 0 Å². The normalized spacial score (nSPS) is 16.8. The molecule has 0 saturated carbocycles. The highest BCUT2D eigenvalue weighted by Crippen LogP contribution is 2.32. The summed E-state index contributed by atoms with van der Waals surface area (Å²) in [6, 6.07) is 18.6. The Morgan fingerprint density at radius 2 is 2.00 bits per heavy atom. The summed E-state index contributed by atoms with van der Waals surface area (Å²) in [6.45, 7) is 4.00. The zero-order valence-electron chi connectivity index (χ0n) is 17.6. The van der Waals surface area contributed by atoms with Gasteiger partial charge >= 0.3 is 0 Å². The fourth-order valence-corrected chi connectivity index (χ4v) is 4.12. The van der Waals surface area contributed by atoms with Gasteiger partial charge in [0, 0.05) is 30.6 Å². The van der Waals surface area contributed by atoms with Crippen LogP contribution in [0.25, 0.3) is 17.5 Å². The number of nitrogens with one attached hydrogen (secondary N) is 1. The molecule has 1 fully saturated rings. The number of hydrogen-bond donors (Lipinski definition) is 2. The number of carbonyl (C=O) groups is 1. The second-order valence-electron chi connectivity index (χ2n) is 7.81. The van der Waals surface area contributed by atoms with Gasteiger partial charge in [-0.1, -0.05) is 42.5 Å². The zero-order valence-corrected chi connectivity index (χ0v) is 17.6. The Balaban J connectivity index is 1.40. The summed E-state index contributed by atoms with van der Waals surface area (Å²) in [5, 5.41) is 8.57. The summed E-state index contributed by atoms with van der Waals surface area (Å²) in [5.74, 6) is 1.03. The van der Waals surface area contributed by atoms with Gasteiger partial charge in [-0.15, -0.1) is 0 Å². The highest BCUT2D eigenvalue weighted by Gasteiger charge is 2.26. The molecule has 2 aromatic carbocycles. The van der Waals surface area contributed by atoms with Gasteiger partial charge in [0.2, 0.25) is 5.89 Å². The number of aromatic nitrogens is 1. The van der Waals surface area contributed by atoms with E-state index in [0.29, 0.717) is 11.9 Å². The van der Waals surface area contributed by atoms with E-state index >= 15 is 0 Å². The van der Waals surface area contributed by atoms with Gasteiger partial charge in [0.25, 0.3) is 5.91 Å². The Bertz CT molecular complexity index is 1040. The number of aryl methyl sites for hydroxylation is 1. The lowest BCUT2D eigenvalue weighted by molar-refractivity contribution is -0.124. The van der Waals surface area contributed by atoms with Crippen LogP contribution >= 0.6 is 0 Å². The fourth-order valence-electron chi connectivity index (χ4n) is 4.12. The zero-order chi connectivity index (χ0) is 21.6. The molecule has 0 bridgehead atoms. The van der Waals surface area contributed by atoms with E-state index in [1.165, 1.54) is 18.1 Å². The van der Waals surface area contributed by atoms with Gasteiger partial charge in [-0.3, -0.25) is 14.9 Å². The van der Waals surface area contributed by atoms with Crippen LogP contribution in [0, 0.1) is 6.92 Å². The first-order valence-corrected chi connectivity index (χ1v) is 10.6. The van der Waals surface area contributed by atoms with Crippen LogP contribution in [0.1, 0.15) is 41.5 Å². The first-order chi connectivity index (χ1) is 15.1. The molecule has 0 unspecified atom stereocenters. The van der Waals surface area contributed by atoms with Crippen LogP contribution in [-0.2, 0) is 11.2 Å². The van der Waals surface area contributed by atoms with Crippen molar-refractivity contribution in [2.45, 2.75) is 32.2 Å². The molecule has 1 aromatic heterocycles. The predicted molar refractivity (Wildman–Crippen MR) is 119 cm³/mol. The second kappa shape index (κ2) is 9.73. The molecular weight excluding hydrogens is 390 g/mol. The van der Waals surface area contributed by atoms with Gasteiger partial charge in [-0.05, 0) is 55.6 Å². The van der Waals surface area contributed by atoms with Gasteiger partial charge in [-0.2, -0.15) is 0 Å². The van der Waals surface area contributed by atoms with Crippen molar-refractivity contribution in [3.8, 4) is 11.5 Å². The highest BCUT2D eigenvalue weighted by molar-refractivity contribution is 5.90. The molecule has 4 rings (SSSR count). The molecule has 6 heteroatoms. The predicted octanol–water partition coefficient (Wildman–Crippen LogP) is 4.55. The third-order valence-corrected chi connectivity index (χ3v) is 5.77. The summed E-state index contributed by atoms with van der Waals surface area (Å²) in [5.41, 5.74) is 5.82. The summed E-state index contributed by atoms with van der Waals surface area (Å²) in [4.78, 5) is 18.4. The van der Waals surface area contributed by atoms with E-state index < -0.39 is 5.91 Å². The molecule has 31 heavy (non-hydrogen) atoms. The molecule has 1 atom stereocenters. The molecule has 1 aliphatic rings. The Hall–Kier alpha value is -3.22. The molecule has 3 aromatic rings. The maximum Gasteiger partial charge on any atom is 0.267 e. The Morgan fingerprint density at radius 3 is 2.74 bits per heavy atom. The lowest BCUT2D eigenvalue weighted by atomic mass is 10.0. The van der Waals surface area contributed by atoms with Crippen LogP contribution in [0.4, 0.5) is 0 Å². The number of amides is 1. The van der Waals surface area contributed by atoms with Crippen molar-refractivity contribution in [3.05, 3.63) is 83.3 Å². The molecular formula is C25H27N3O3. The van der Waals surface area contributed by atoms with Crippen molar-refractivity contribution in [1.82, 2.24) is 15.4 Å². The monoisotopic (exact) mass is 417 g/mol. The maximum absolute atomic E-state index is 11.1. The van der Waals surface area contributed by atoms with E-state index in [1.807, 2.05) is 49.4 Å². The molecule has 0 spiro atoms. The molecule has 2 N–H and O–H groups in total. The standard InChI is InChI=1S/C25H27N3O3/c1-18-22(26-25(31-18)21-6-3-2-4-7-21)15-17-28-16-5-8-23(28)20-12-9-19(10-13-20)11-14-24(29)27-30/h2-4,6-7,9-14,23,30H,5,8,15-17H2,1H3,(H,27,29)/t23-/m0/s1. The molecule has 0 radical (unpaired) electrons. The molecule has 160 valence electrons. The first-order valence-electron chi connectivity index (χ1n) is 10.6. The molecule has 0 aliphatic carbocycles. The number of likely N-dealkylation sites (tertiary alicyclic amines) is 1. The minimum atomic E-state index is -0.537. The number of nitrogens with zero attached hydrogens (tertiary/aromatic N) is 2. The number of rotatable bonds is 7. The SMILES string of the molecule is Cc1oc(-c2ccccc2)nc1CCN1CCC[C@H]1c1ccc(C=CC(=O)NO)cc1. The van der Waals surface area contributed by atoms with Gasteiger partial charge in [0.1, 0.15) is 5.76 Å². The molecule has 1 saturated heterocycles. The van der Waals surface area contributed by atoms with Crippen LogP contribution in [0.2, 0.25) is 0 Å². The first kappa shape index (κ1) is 21.0. The van der Waals surface area contributed by atoms with Crippen LogP contribution in [0.15, 0.2) is 65.1 Å². The quantitative estimate of drug-likeness (QED) is 0.335. The number of oxazole rings is 1. The van der Waals surface area contributed by atoms with Crippen LogP contribution in [0.5, 0.6) is 0 Å². The third-order valence-electron chi connectivity index (χ3n) is 5.77. The maximum atomic E-state index is 11.1. The molecule has 2 heterocycles. The number of hydroxylamine groups is 1. The fraction of sp³-hybridized carbons (Fsp3) is 0.280. The largest absolute Gasteiger partial charge is 0.441 e. The van der Waals surface area contributed by atoms with E-state index in [0.717, 1.165) is 48.5 Å². The van der Waals surface area contributed by atoms with Gasteiger partial charge in [-0.25, -0.2) is 10.5 Å². The van der Waals surface area contributed by atoms with Crippen molar-refractivity contribution in [2.24, 2.45) is 0 Å². The molecule has 1 amide bonds. The number of hydrogen-bond acceptors (Lipinski definition) is 5. The lowest BCUT2D eigenvalue weighted by Crippen LogP contribution is -2.26. The van der Waals surface area contributed by atoms with Crippen LogP contribution < -0.4 is 5.48 Å². The van der Waals surface area contributed by atoms with Crippen molar-refractivity contribution in [3.63, 3.8) is 0 Å². The Kier molecular flexibility index (Phi) is 6.60. The highest BCUT2D eigenvalue weighted by atomic mass is 16.5. The Labute approximate surface area is 182 Å². The van der Waals surface area contributed by atoms with Gasteiger partial charge < -0.3 is 4.42 Å².